The van der Waals surface area contributed by atoms with Crippen LogP contribution in [0.25, 0.3) is 0 Å². The molecule has 0 saturated heterocycles. The highest BCUT2D eigenvalue weighted by Gasteiger charge is 2.24. The lowest BCUT2D eigenvalue weighted by atomic mass is 9.89. The third-order valence-corrected chi connectivity index (χ3v) is 3.68. The van der Waals surface area contributed by atoms with E-state index in [1.807, 2.05) is 13.1 Å². The molecule has 92 valence electrons. The van der Waals surface area contributed by atoms with Gasteiger partial charge in [0.25, 0.3) is 0 Å². The van der Waals surface area contributed by atoms with Crippen LogP contribution in [-0.2, 0) is 0 Å². The summed E-state index contributed by atoms with van der Waals surface area (Å²) in [6.45, 7) is 4.49. The maximum absolute atomic E-state index is 5.58. The van der Waals surface area contributed by atoms with E-state index in [9.17, 15) is 0 Å². The summed E-state index contributed by atoms with van der Waals surface area (Å²) < 4.78 is 6.65. The Labute approximate surface area is 107 Å². The van der Waals surface area contributed by atoms with Crippen LogP contribution in [0, 0.1) is 5.92 Å². The molecule has 16 heavy (non-hydrogen) atoms. The van der Waals surface area contributed by atoms with Crippen LogP contribution in [0.2, 0.25) is 0 Å². The number of halogens is 1. The summed E-state index contributed by atoms with van der Waals surface area (Å²) in [6.07, 6.45) is 6.68. The standard InChI is InChI=1S/C13H22BrNO/c1-4-6-10(7-5-2)12(15-3)13-11(14)8-9-16-13/h8-10,12,15H,4-7H2,1-3H3. The second-order valence-corrected chi connectivity index (χ2v) is 5.09. The van der Waals surface area contributed by atoms with Crippen molar-refractivity contribution in [3.8, 4) is 0 Å². The van der Waals surface area contributed by atoms with Gasteiger partial charge in [-0.1, -0.05) is 26.7 Å². The largest absolute Gasteiger partial charge is 0.466 e. The van der Waals surface area contributed by atoms with E-state index in [2.05, 4.69) is 35.1 Å². The number of hydrogen-bond acceptors (Lipinski definition) is 2. The lowest BCUT2D eigenvalue weighted by molar-refractivity contribution is 0.288. The van der Waals surface area contributed by atoms with Gasteiger partial charge in [-0.15, -0.1) is 0 Å². The normalized spacial score (nSPS) is 13.3. The minimum absolute atomic E-state index is 0.323. The van der Waals surface area contributed by atoms with Crippen LogP contribution < -0.4 is 5.32 Å². The predicted molar refractivity (Wildman–Crippen MR) is 71.5 cm³/mol. The third-order valence-electron chi connectivity index (χ3n) is 3.03. The smallest absolute Gasteiger partial charge is 0.135 e. The molecule has 1 rings (SSSR count). The van der Waals surface area contributed by atoms with E-state index < -0.39 is 0 Å². The second-order valence-electron chi connectivity index (χ2n) is 4.24. The molecule has 0 fully saturated rings. The summed E-state index contributed by atoms with van der Waals surface area (Å²) in [5.41, 5.74) is 0. The summed E-state index contributed by atoms with van der Waals surface area (Å²) in [5, 5.41) is 3.39. The molecule has 0 amide bonds. The Morgan fingerprint density at radius 1 is 1.31 bits per heavy atom. The first-order chi connectivity index (χ1) is 7.74. The summed E-state index contributed by atoms with van der Waals surface area (Å²) in [4.78, 5) is 0. The number of rotatable bonds is 7. The fourth-order valence-corrected chi connectivity index (χ4v) is 2.78. The van der Waals surface area contributed by atoms with Crippen molar-refractivity contribution in [1.29, 1.82) is 0 Å². The highest BCUT2D eigenvalue weighted by molar-refractivity contribution is 9.10. The van der Waals surface area contributed by atoms with Crippen molar-refractivity contribution in [3.05, 3.63) is 22.6 Å². The molecular weight excluding hydrogens is 266 g/mol. The second kappa shape index (κ2) is 7.13. The van der Waals surface area contributed by atoms with Gasteiger partial charge in [-0.3, -0.25) is 0 Å². The Bertz CT molecular complexity index is 292. The first kappa shape index (κ1) is 13.8. The fraction of sp³-hybridized carbons (Fsp3) is 0.692. The van der Waals surface area contributed by atoms with E-state index in [0.717, 1.165) is 10.2 Å². The van der Waals surface area contributed by atoms with Crippen molar-refractivity contribution in [3.63, 3.8) is 0 Å². The first-order valence-corrected chi connectivity index (χ1v) is 6.94. The maximum atomic E-state index is 5.58. The SMILES string of the molecule is CCCC(CCC)C(NC)c1occc1Br. The van der Waals surface area contributed by atoms with Gasteiger partial charge in [0.1, 0.15) is 5.76 Å². The van der Waals surface area contributed by atoms with E-state index in [0.29, 0.717) is 12.0 Å². The molecule has 1 N–H and O–H groups in total. The summed E-state index contributed by atoms with van der Waals surface area (Å²) in [7, 11) is 2.01. The minimum Gasteiger partial charge on any atom is -0.466 e. The Balaban J connectivity index is 2.81. The molecule has 3 heteroatoms. The van der Waals surface area contributed by atoms with E-state index in [4.69, 9.17) is 4.42 Å². The highest BCUT2D eigenvalue weighted by atomic mass is 79.9. The molecule has 0 bridgehead atoms. The van der Waals surface area contributed by atoms with Crippen LogP contribution in [0.15, 0.2) is 21.2 Å². The fourth-order valence-electron chi connectivity index (χ4n) is 2.33. The lowest BCUT2D eigenvalue weighted by Crippen LogP contribution is -2.25. The van der Waals surface area contributed by atoms with Crippen LogP contribution in [0.1, 0.15) is 51.3 Å². The van der Waals surface area contributed by atoms with Gasteiger partial charge in [0.2, 0.25) is 0 Å². The van der Waals surface area contributed by atoms with Crippen molar-refractivity contribution in [2.45, 2.75) is 45.6 Å². The highest BCUT2D eigenvalue weighted by Crippen LogP contribution is 2.33. The van der Waals surface area contributed by atoms with Crippen LogP contribution >= 0.6 is 15.9 Å². The average molecular weight is 288 g/mol. The third kappa shape index (κ3) is 3.36. The van der Waals surface area contributed by atoms with E-state index >= 15 is 0 Å². The van der Waals surface area contributed by atoms with Gasteiger partial charge >= 0.3 is 0 Å². The quantitative estimate of drug-likeness (QED) is 0.798. The van der Waals surface area contributed by atoms with E-state index in [1.54, 1.807) is 6.26 Å². The average Bonchev–Trinajstić information content (AvgIpc) is 2.67. The Morgan fingerprint density at radius 2 is 1.94 bits per heavy atom. The molecule has 0 aliphatic rings. The van der Waals surface area contributed by atoms with Crippen LogP contribution in [0.5, 0.6) is 0 Å². The Kier molecular flexibility index (Phi) is 6.14. The zero-order valence-electron chi connectivity index (χ0n) is 10.4. The van der Waals surface area contributed by atoms with Crippen LogP contribution in [0.3, 0.4) is 0 Å². The molecule has 2 nitrogen and oxygen atoms in total. The van der Waals surface area contributed by atoms with Crippen LogP contribution in [-0.4, -0.2) is 7.05 Å². The van der Waals surface area contributed by atoms with Crippen molar-refractivity contribution in [2.75, 3.05) is 7.05 Å². The molecule has 1 unspecified atom stereocenters. The number of hydrogen-bond donors (Lipinski definition) is 1. The molecule has 1 aromatic heterocycles. The molecule has 0 radical (unpaired) electrons. The summed E-state index contributed by atoms with van der Waals surface area (Å²) >= 11 is 3.54. The number of furan rings is 1. The number of nitrogens with one attached hydrogen (secondary N) is 1. The molecule has 1 atom stereocenters. The lowest BCUT2D eigenvalue weighted by Gasteiger charge is -2.25. The molecule has 0 aromatic carbocycles. The maximum Gasteiger partial charge on any atom is 0.135 e. The van der Waals surface area contributed by atoms with Gasteiger partial charge in [-0.05, 0) is 47.8 Å². The van der Waals surface area contributed by atoms with E-state index in [1.165, 1.54) is 25.7 Å². The molecule has 0 aliphatic heterocycles. The van der Waals surface area contributed by atoms with Crippen molar-refractivity contribution in [1.82, 2.24) is 5.32 Å². The van der Waals surface area contributed by atoms with Crippen molar-refractivity contribution >= 4 is 15.9 Å². The zero-order valence-corrected chi connectivity index (χ0v) is 12.0. The van der Waals surface area contributed by atoms with E-state index in [-0.39, 0.29) is 0 Å². The molecule has 0 aliphatic carbocycles. The van der Waals surface area contributed by atoms with Crippen molar-refractivity contribution < 1.29 is 4.42 Å². The minimum atomic E-state index is 0.323. The monoisotopic (exact) mass is 287 g/mol. The summed E-state index contributed by atoms with van der Waals surface area (Å²) in [6, 6.07) is 2.29. The van der Waals surface area contributed by atoms with Crippen LogP contribution in [0.4, 0.5) is 0 Å². The molecular formula is C13H22BrNO. The van der Waals surface area contributed by atoms with Gasteiger partial charge in [0, 0.05) is 0 Å². The summed E-state index contributed by atoms with van der Waals surface area (Å²) in [5.74, 6) is 1.69. The Hall–Kier alpha value is -0.280. The molecule has 1 heterocycles. The van der Waals surface area contributed by atoms with Gasteiger partial charge in [0.05, 0.1) is 16.8 Å². The topological polar surface area (TPSA) is 25.2 Å². The van der Waals surface area contributed by atoms with Gasteiger partial charge in [-0.25, -0.2) is 0 Å². The molecule has 0 saturated carbocycles. The zero-order chi connectivity index (χ0) is 12.0. The van der Waals surface area contributed by atoms with Crippen molar-refractivity contribution in [2.24, 2.45) is 5.92 Å². The van der Waals surface area contributed by atoms with Gasteiger partial charge in [-0.2, -0.15) is 0 Å². The first-order valence-electron chi connectivity index (χ1n) is 6.14. The predicted octanol–water partition coefficient (Wildman–Crippen LogP) is 4.52. The van der Waals surface area contributed by atoms with Gasteiger partial charge < -0.3 is 9.73 Å². The van der Waals surface area contributed by atoms with Gasteiger partial charge in [0.15, 0.2) is 0 Å². The molecule has 0 spiro atoms. The molecule has 1 aromatic rings. The Morgan fingerprint density at radius 3 is 2.31 bits per heavy atom.